The van der Waals surface area contributed by atoms with Crippen LogP contribution >= 0.6 is 27.3 Å². The van der Waals surface area contributed by atoms with Crippen LogP contribution in [0.4, 0.5) is 0 Å². The number of thiazole rings is 1. The van der Waals surface area contributed by atoms with E-state index in [1.54, 1.807) is 0 Å². The van der Waals surface area contributed by atoms with E-state index in [2.05, 4.69) is 65.1 Å². The normalized spacial score (nSPS) is 20.1. The molecule has 5 rings (SSSR count). The predicted molar refractivity (Wildman–Crippen MR) is 153 cm³/mol. The zero-order valence-corrected chi connectivity index (χ0v) is 24.4. The second kappa shape index (κ2) is 11.1. The van der Waals surface area contributed by atoms with Gasteiger partial charge in [0.1, 0.15) is 10.3 Å². The van der Waals surface area contributed by atoms with Gasteiger partial charge in [0.05, 0.1) is 12.1 Å². The van der Waals surface area contributed by atoms with Crippen LogP contribution in [0.2, 0.25) is 0 Å². The van der Waals surface area contributed by atoms with Crippen molar-refractivity contribution in [3.05, 3.63) is 56.6 Å². The summed E-state index contributed by atoms with van der Waals surface area (Å²) in [5.41, 5.74) is 4.63. The van der Waals surface area contributed by atoms with Crippen LogP contribution in [0.25, 0.3) is 10.3 Å². The largest absolute Gasteiger partial charge is 0.393 e. The lowest BCUT2D eigenvalue weighted by Gasteiger charge is -2.34. The highest BCUT2D eigenvalue weighted by molar-refractivity contribution is 9.10. The van der Waals surface area contributed by atoms with E-state index in [1.807, 2.05) is 12.1 Å². The molecule has 0 spiro atoms. The fourth-order valence-corrected chi connectivity index (χ4v) is 6.83. The Balaban J connectivity index is 1.33. The first-order valence-electron chi connectivity index (χ1n) is 13.4. The molecule has 2 aromatic heterocycles. The number of rotatable bonds is 6. The molecule has 1 saturated heterocycles. The van der Waals surface area contributed by atoms with Crippen molar-refractivity contribution in [2.75, 3.05) is 19.6 Å². The zero-order valence-electron chi connectivity index (χ0n) is 22.0. The zero-order chi connectivity index (χ0) is 26.2. The summed E-state index contributed by atoms with van der Waals surface area (Å²) < 4.78 is 0.994. The molecule has 3 aromatic rings. The number of hydrogen-bond donors (Lipinski definition) is 2. The maximum atomic E-state index is 13.4. The van der Waals surface area contributed by atoms with Crippen molar-refractivity contribution in [1.82, 2.24) is 20.2 Å². The number of likely N-dealkylation sites (tertiary alicyclic amines) is 1. The van der Waals surface area contributed by atoms with Gasteiger partial charge in [-0.15, -0.1) is 0 Å². The lowest BCUT2D eigenvalue weighted by atomic mass is 9.71. The molecule has 8 heteroatoms. The smallest absolute Gasteiger partial charge is 0.280 e. The molecule has 6 nitrogen and oxygen atoms in total. The van der Waals surface area contributed by atoms with Crippen molar-refractivity contribution in [1.29, 1.82) is 0 Å². The first-order chi connectivity index (χ1) is 17.7. The number of carbonyl (C=O) groups is 1. The molecule has 1 amide bonds. The van der Waals surface area contributed by atoms with Gasteiger partial charge >= 0.3 is 0 Å². The molecular formula is C29H37BrN4O2S. The average molecular weight is 586 g/mol. The van der Waals surface area contributed by atoms with Gasteiger partial charge in [-0.3, -0.25) is 4.79 Å². The topological polar surface area (TPSA) is 78.4 Å². The van der Waals surface area contributed by atoms with Gasteiger partial charge in [0, 0.05) is 29.8 Å². The summed E-state index contributed by atoms with van der Waals surface area (Å²) in [6.45, 7) is 9.60. The number of benzene rings is 1. The van der Waals surface area contributed by atoms with Gasteiger partial charge in [0.2, 0.25) is 0 Å². The maximum absolute atomic E-state index is 13.4. The summed E-state index contributed by atoms with van der Waals surface area (Å²) in [6.07, 6.45) is 5.41. The number of aromatic nitrogens is 2. The molecule has 0 unspecified atom stereocenters. The molecule has 1 fully saturated rings. The first-order valence-corrected chi connectivity index (χ1v) is 15.0. The van der Waals surface area contributed by atoms with Crippen LogP contribution in [0.15, 0.2) is 34.8 Å². The number of nitrogens with zero attached hydrogens (tertiary/aromatic N) is 3. The van der Waals surface area contributed by atoms with Crippen molar-refractivity contribution < 1.29 is 9.90 Å². The lowest BCUT2D eigenvalue weighted by Crippen LogP contribution is -2.38. The minimum absolute atomic E-state index is 0.127. The van der Waals surface area contributed by atoms with Gasteiger partial charge in [-0.25, -0.2) is 9.97 Å². The number of nitrogens with one attached hydrogen (secondary N) is 1. The van der Waals surface area contributed by atoms with Gasteiger partial charge in [-0.1, -0.05) is 60.2 Å². The van der Waals surface area contributed by atoms with Gasteiger partial charge in [-0.05, 0) is 79.2 Å². The summed E-state index contributed by atoms with van der Waals surface area (Å²) >= 11 is 4.97. The van der Waals surface area contributed by atoms with Crippen molar-refractivity contribution in [2.24, 2.45) is 11.3 Å². The predicted octanol–water partition coefficient (Wildman–Crippen LogP) is 5.92. The fourth-order valence-electron chi connectivity index (χ4n) is 5.57. The van der Waals surface area contributed by atoms with Crippen molar-refractivity contribution in [2.45, 2.75) is 71.4 Å². The average Bonchev–Trinajstić information content (AvgIpc) is 3.28. The standard InChI is InChI=1S/C29H37BrN4O2S/c1-29(2,3)20-7-8-23-19(15-20)17-25-27(32-23)37-28(33-25)26(36)31-24(18-5-4-6-21(30)16-18)11-14-34-12-9-22(35)10-13-34/h4-6,16-17,20,22,24,35H,7-15H2,1-3H3,(H,31,36)/t20-,24+/m0/s1. The van der Waals surface area contributed by atoms with E-state index in [0.29, 0.717) is 10.9 Å². The summed E-state index contributed by atoms with van der Waals surface area (Å²) in [5, 5.41) is 13.6. The van der Waals surface area contributed by atoms with E-state index < -0.39 is 0 Å². The number of amides is 1. The molecule has 2 N–H and O–H groups in total. The highest BCUT2D eigenvalue weighted by Crippen LogP contribution is 2.38. The second-order valence-corrected chi connectivity index (χ2v) is 13.6. The number of hydrogen-bond acceptors (Lipinski definition) is 6. The lowest BCUT2D eigenvalue weighted by molar-refractivity contribution is 0.0795. The number of pyridine rings is 1. The third kappa shape index (κ3) is 6.41. The van der Waals surface area contributed by atoms with E-state index >= 15 is 0 Å². The molecular weight excluding hydrogens is 548 g/mol. The summed E-state index contributed by atoms with van der Waals surface area (Å²) in [4.78, 5) is 26.3. The molecule has 198 valence electrons. The fraction of sp³-hybridized carbons (Fsp3) is 0.552. The molecule has 3 heterocycles. The number of aliphatic hydroxyl groups is 1. The number of carbonyl (C=O) groups excluding carboxylic acids is 1. The van der Waals surface area contributed by atoms with E-state index in [0.717, 1.165) is 78.5 Å². The van der Waals surface area contributed by atoms with Crippen LogP contribution in [0.5, 0.6) is 0 Å². The number of halogens is 1. The van der Waals surface area contributed by atoms with Gasteiger partial charge in [0.25, 0.3) is 5.91 Å². The van der Waals surface area contributed by atoms with Crippen molar-refractivity contribution in [3.8, 4) is 0 Å². The molecule has 0 saturated carbocycles. The van der Waals surface area contributed by atoms with E-state index in [9.17, 15) is 9.90 Å². The van der Waals surface area contributed by atoms with Crippen molar-refractivity contribution >= 4 is 43.5 Å². The summed E-state index contributed by atoms with van der Waals surface area (Å²) in [7, 11) is 0. The number of aryl methyl sites for hydroxylation is 1. The molecule has 1 aliphatic carbocycles. The monoisotopic (exact) mass is 584 g/mol. The second-order valence-electron chi connectivity index (χ2n) is 11.7. The highest BCUT2D eigenvalue weighted by atomic mass is 79.9. The Morgan fingerprint density at radius 3 is 2.73 bits per heavy atom. The Bertz CT molecular complexity index is 1260. The Morgan fingerprint density at radius 2 is 2.00 bits per heavy atom. The molecule has 0 bridgehead atoms. The van der Waals surface area contributed by atoms with E-state index in [1.165, 1.54) is 22.6 Å². The minimum atomic E-state index is -0.186. The molecule has 2 aliphatic rings. The Morgan fingerprint density at radius 1 is 1.22 bits per heavy atom. The molecule has 37 heavy (non-hydrogen) atoms. The molecule has 0 radical (unpaired) electrons. The highest BCUT2D eigenvalue weighted by Gasteiger charge is 2.30. The van der Waals surface area contributed by atoms with Crippen LogP contribution in [-0.2, 0) is 12.8 Å². The quantitative estimate of drug-likeness (QED) is 0.376. The van der Waals surface area contributed by atoms with Crippen LogP contribution in [-0.4, -0.2) is 51.6 Å². The third-order valence-corrected chi connectivity index (χ3v) is 9.47. The molecule has 2 atom stereocenters. The third-order valence-electron chi connectivity index (χ3n) is 8.01. The van der Waals surface area contributed by atoms with Gasteiger partial charge in [-0.2, -0.15) is 0 Å². The van der Waals surface area contributed by atoms with Crippen LogP contribution < -0.4 is 5.32 Å². The summed E-state index contributed by atoms with van der Waals surface area (Å²) in [6, 6.07) is 10.2. The molecule has 1 aliphatic heterocycles. The molecule has 1 aromatic carbocycles. The summed E-state index contributed by atoms with van der Waals surface area (Å²) in [5.74, 6) is 0.488. The van der Waals surface area contributed by atoms with Crippen molar-refractivity contribution in [3.63, 3.8) is 0 Å². The van der Waals surface area contributed by atoms with Gasteiger partial charge < -0.3 is 15.3 Å². The Hall–Kier alpha value is -1.87. The maximum Gasteiger partial charge on any atom is 0.280 e. The Labute approximate surface area is 232 Å². The van der Waals surface area contributed by atoms with Crippen LogP contribution in [0.1, 0.15) is 79.1 Å². The van der Waals surface area contributed by atoms with E-state index in [-0.39, 0.29) is 23.5 Å². The number of fused-ring (bicyclic) bond motifs is 2. The van der Waals surface area contributed by atoms with Crippen LogP contribution in [0.3, 0.4) is 0 Å². The first kappa shape index (κ1) is 26.7. The van der Waals surface area contributed by atoms with Crippen LogP contribution in [0, 0.1) is 11.3 Å². The van der Waals surface area contributed by atoms with E-state index in [4.69, 9.17) is 9.97 Å². The minimum Gasteiger partial charge on any atom is -0.393 e. The SMILES string of the molecule is CC(C)(C)[C@H]1CCc2nc3sc(C(=O)N[C@H](CCN4CCC(O)CC4)c4cccc(Br)c4)nc3cc2C1. The van der Waals surface area contributed by atoms with Gasteiger partial charge in [0.15, 0.2) is 5.01 Å². The Kier molecular flexibility index (Phi) is 8.01. The number of aliphatic hydroxyl groups excluding tert-OH is 1. The number of piperidine rings is 1.